The van der Waals surface area contributed by atoms with Crippen LogP contribution in [0.25, 0.3) is 0 Å². The van der Waals surface area contributed by atoms with Crippen LogP contribution in [-0.4, -0.2) is 14.8 Å². The smallest absolute Gasteiger partial charge is 0.159 e. The van der Waals surface area contributed by atoms with Gasteiger partial charge in [0.25, 0.3) is 0 Å². The molecule has 1 aliphatic rings. The van der Waals surface area contributed by atoms with E-state index >= 15 is 0 Å². The SMILES string of the molecule is CC1=CC=CC(c2nccc(C)c(F)cn(C)n2)C=C1. The van der Waals surface area contributed by atoms with Crippen molar-refractivity contribution in [2.45, 2.75) is 19.8 Å². The molecule has 20 heavy (non-hydrogen) atoms. The van der Waals surface area contributed by atoms with Gasteiger partial charge in [0.2, 0.25) is 0 Å². The fraction of sp³-hybridized carbons (Fsp3) is 0.250. The molecular weight excluding hydrogens is 253 g/mol. The van der Waals surface area contributed by atoms with Gasteiger partial charge < -0.3 is 0 Å². The number of aromatic nitrogens is 3. The van der Waals surface area contributed by atoms with Crippen molar-refractivity contribution in [1.82, 2.24) is 14.8 Å². The Kier molecular flexibility index (Phi) is 4.45. The van der Waals surface area contributed by atoms with Gasteiger partial charge in [0.05, 0.1) is 12.1 Å². The molecule has 1 aliphatic carbocycles. The van der Waals surface area contributed by atoms with Gasteiger partial charge in [-0.3, -0.25) is 4.68 Å². The van der Waals surface area contributed by atoms with Gasteiger partial charge in [0, 0.05) is 13.2 Å². The number of nitrogens with zero attached hydrogens (tertiary/aromatic N) is 3. The Morgan fingerprint density at radius 2 is 2.05 bits per heavy atom. The van der Waals surface area contributed by atoms with Crippen LogP contribution in [0.5, 0.6) is 0 Å². The van der Waals surface area contributed by atoms with Gasteiger partial charge in [-0.1, -0.05) is 36.0 Å². The third kappa shape index (κ3) is 3.63. The van der Waals surface area contributed by atoms with E-state index in [9.17, 15) is 4.39 Å². The maximum Gasteiger partial charge on any atom is 0.159 e. The van der Waals surface area contributed by atoms with Crippen LogP contribution in [0.1, 0.15) is 24.2 Å². The fourth-order valence-corrected chi connectivity index (χ4v) is 1.81. The Bertz CT molecular complexity index is 637. The fourth-order valence-electron chi connectivity index (χ4n) is 1.81. The quantitative estimate of drug-likeness (QED) is 0.782. The first-order valence-electron chi connectivity index (χ1n) is 6.49. The third-order valence-corrected chi connectivity index (χ3v) is 3.01. The molecule has 0 saturated heterocycles. The minimum absolute atomic E-state index is 0.0225. The van der Waals surface area contributed by atoms with Crippen LogP contribution in [0.3, 0.4) is 0 Å². The number of halogens is 1. The van der Waals surface area contributed by atoms with Crippen LogP contribution < -0.4 is 0 Å². The summed E-state index contributed by atoms with van der Waals surface area (Å²) < 4.78 is 15.2. The summed E-state index contributed by atoms with van der Waals surface area (Å²) in [6.07, 6.45) is 13.1. The molecular formula is C16H18FN3. The maximum atomic E-state index is 13.7. The molecule has 1 heterocycles. The van der Waals surface area contributed by atoms with Gasteiger partial charge in [0.1, 0.15) is 5.82 Å². The highest BCUT2D eigenvalue weighted by molar-refractivity contribution is 5.31. The van der Waals surface area contributed by atoms with Gasteiger partial charge in [-0.25, -0.2) is 9.37 Å². The molecule has 0 fully saturated rings. The lowest BCUT2D eigenvalue weighted by Crippen LogP contribution is -2.03. The van der Waals surface area contributed by atoms with Crippen molar-refractivity contribution in [3.8, 4) is 0 Å². The van der Waals surface area contributed by atoms with Crippen molar-refractivity contribution >= 4 is 0 Å². The first-order valence-corrected chi connectivity index (χ1v) is 6.49. The largest absolute Gasteiger partial charge is 0.271 e. The predicted octanol–water partition coefficient (Wildman–Crippen LogP) is 3.54. The number of aryl methyl sites for hydroxylation is 2. The highest BCUT2D eigenvalue weighted by Gasteiger charge is 2.08. The molecule has 1 unspecified atom stereocenters. The summed E-state index contributed by atoms with van der Waals surface area (Å²) in [6, 6.07) is 1.65. The standard InChI is InChI=1S/C16H18FN3/c1-12-5-4-6-14(8-7-12)16-18-10-9-13(2)15(17)11-20(3)19-16/h4-11,14H,1-3H3. The van der Waals surface area contributed by atoms with E-state index in [2.05, 4.69) is 10.1 Å². The van der Waals surface area contributed by atoms with Crippen LogP contribution >= 0.6 is 0 Å². The second-order valence-electron chi connectivity index (χ2n) is 4.82. The number of hydrogen-bond acceptors (Lipinski definition) is 2. The van der Waals surface area contributed by atoms with E-state index in [1.165, 1.54) is 16.5 Å². The molecule has 0 amide bonds. The molecule has 0 bridgehead atoms. The highest BCUT2D eigenvalue weighted by atomic mass is 19.1. The van der Waals surface area contributed by atoms with E-state index in [-0.39, 0.29) is 11.7 Å². The zero-order chi connectivity index (χ0) is 14.5. The van der Waals surface area contributed by atoms with E-state index < -0.39 is 0 Å². The van der Waals surface area contributed by atoms with Crippen molar-refractivity contribution in [2.75, 3.05) is 0 Å². The Morgan fingerprint density at radius 3 is 2.85 bits per heavy atom. The zero-order valence-electron chi connectivity index (χ0n) is 11.9. The lowest BCUT2D eigenvalue weighted by atomic mass is 10.1. The van der Waals surface area contributed by atoms with E-state index in [1.54, 1.807) is 26.2 Å². The van der Waals surface area contributed by atoms with Crippen molar-refractivity contribution in [2.24, 2.45) is 7.05 Å². The van der Waals surface area contributed by atoms with Crippen LogP contribution in [0.15, 0.2) is 54.4 Å². The summed E-state index contributed by atoms with van der Waals surface area (Å²) in [5.41, 5.74) is 1.70. The molecule has 1 atom stereocenters. The van der Waals surface area contributed by atoms with Gasteiger partial charge in [-0.2, -0.15) is 5.10 Å². The highest BCUT2D eigenvalue weighted by Crippen LogP contribution is 2.17. The second kappa shape index (κ2) is 6.28. The molecule has 3 nitrogen and oxygen atoms in total. The molecule has 104 valence electrons. The number of hydrogen-bond donors (Lipinski definition) is 0. The molecule has 4 heteroatoms. The Morgan fingerprint density at radius 1 is 1.25 bits per heavy atom. The van der Waals surface area contributed by atoms with E-state index in [0.717, 1.165) is 0 Å². The summed E-state index contributed by atoms with van der Waals surface area (Å²) in [5, 5.41) is 4.35. The maximum absolute atomic E-state index is 13.7. The molecule has 0 saturated carbocycles. The van der Waals surface area contributed by atoms with Crippen molar-refractivity contribution in [1.29, 1.82) is 0 Å². The van der Waals surface area contributed by atoms with Gasteiger partial charge in [0.15, 0.2) is 5.82 Å². The van der Waals surface area contributed by atoms with Crippen molar-refractivity contribution < 1.29 is 4.39 Å². The van der Waals surface area contributed by atoms with E-state index in [4.69, 9.17) is 0 Å². The molecule has 1 aromatic rings. The Hall–Kier alpha value is -2.23. The third-order valence-electron chi connectivity index (χ3n) is 3.01. The molecule has 0 aromatic carbocycles. The first kappa shape index (κ1) is 14.2. The average Bonchev–Trinajstić information content (AvgIpc) is 2.58. The monoisotopic (exact) mass is 271 g/mol. The van der Waals surface area contributed by atoms with Crippen LogP contribution in [0.4, 0.5) is 4.39 Å². The summed E-state index contributed by atoms with van der Waals surface area (Å²) in [7, 11) is 1.70. The van der Waals surface area contributed by atoms with Crippen LogP contribution in [0, 0.1) is 12.7 Å². The topological polar surface area (TPSA) is 30.7 Å². The molecule has 0 N–H and O–H groups in total. The minimum atomic E-state index is -0.312. The van der Waals surface area contributed by atoms with Crippen molar-refractivity contribution in [3.63, 3.8) is 0 Å². The minimum Gasteiger partial charge on any atom is -0.271 e. The lowest BCUT2D eigenvalue weighted by molar-refractivity contribution is 0.587. The van der Waals surface area contributed by atoms with Gasteiger partial charge in [-0.15, -0.1) is 0 Å². The summed E-state index contributed by atoms with van der Waals surface area (Å²) in [6.45, 7) is 3.74. The summed E-state index contributed by atoms with van der Waals surface area (Å²) >= 11 is 0. The van der Waals surface area contributed by atoms with Crippen LogP contribution in [-0.2, 0) is 7.05 Å². The van der Waals surface area contributed by atoms with Gasteiger partial charge in [-0.05, 0) is 25.5 Å². The van der Waals surface area contributed by atoms with E-state index in [1.807, 2.05) is 37.3 Å². The molecule has 2 rings (SSSR count). The Labute approximate surface area is 118 Å². The predicted molar refractivity (Wildman–Crippen MR) is 78.1 cm³/mol. The number of allylic oxidation sites excluding steroid dienone is 6. The summed E-state index contributed by atoms with van der Waals surface area (Å²) in [5.74, 6) is 0.289. The van der Waals surface area contributed by atoms with Crippen molar-refractivity contribution in [3.05, 3.63) is 71.6 Å². The Balaban J connectivity index is 2.51. The first-order chi connectivity index (χ1) is 9.56. The molecule has 1 aromatic heterocycles. The van der Waals surface area contributed by atoms with E-state index in [0.29, 0.717) is 11.4 Å². The second-order valence-corrected chi connectivity index (χ2v) is 4.82. The molecule has 0 spiro atoms. The normalized spacial score (nSPS) is 17.4. The average molecular weight is 271 g/mol. The zero-order valence-corrected chi connectivity index (χ0v) is 11.9. The van der Waals surface area contributed by atoms with Crippen LogP contribution in [0.2, 0.25) is 0 Å². The van der Waals surface area contributed by atoms with Gasteiger partial charge >= 0.3 is 0 Å². The molecule has 0 radical (unpaired) electrons. The number of rotatable bonds is 1. The lowest BCUT2D eigenvalue weighted by Gasteiger charge is -2.04. The molecule has 0 aliphatic heterocycles. The summed E-state index contributed by atoms with van der Waals surface area (Å²) in [4.78, 5) is 4.35.